The minimum Gasteiger partial charge on any atom is -0.454 e. The molecule has 0 radical (unpaired) electrons. The molecule has 6 nitrogen and oxygen atoms in total. The normalized spacial score (nSPS) is 21.9. The fourth-order valence-electron chi connectivity index (χ4n) is 3.66. The summed E-state index contributed by atoms with van der Waals surface area (Å²) in [7, 11) is 0. The van der Waals surface area contributed by atoms with Gasteiger partial charge in [-0.15, -0.1) is 0 Å². The molecule has 2 unspecified atom stereocenters. The molecule has 2 amide bonds. The lowest BCUT2D eigenvalue weighted by Gasteiger charge is -2.37. The maximum atomic E-state index is 12.3. The Kier molecular flexibility index (Phi) is 5.46. The van der Waals surface area contributed by atoms with Gasteiger partial charge in [0.15, 0.2) is 11.5 Å². The van der Waals surface area contributed by atoms with E-state index >= 15 is 0 Å². The van der Waals surface area contributed by atoms with Crippen molar-refractivity contribution in [3.8, 4) is 11.5 Å². The Hall–Kier alpha value is -2.24. The molecule has 3 rings (SSSR count). The third-order valence-corrected chi connectivity index (χ3v) is 5.24. The van der Waals surface area contributed by atoms with Crippen molar-refractivity contribution in [2.75, 3.05) is 19.9 Å². The fraction of sp³-hybridized carbons (Fsp3) is 0.579. The summed E-state index contributed by atoms with van der Waals surface area (Å²) in [6, 6.07) is 5.71. The lowest BCUT2D eigenvalue weighted by Crippen LogP contribution is -2.43. The Morgan fingerprint density at radius 2 is 2.04 bits per heavy atom. The maximum Gasteiger partial charge on any atom is 0.231 e. The number of nitrogens with one attached hydrogen (secondary N) is 1. The van der Waals surface area contributed by atoms with E-state index < -0.39 is 0 Å². The molecule has 25 heavy (non-hydrogen) atoms. The van der Waals surface area contributed by atoms with Crippen molar-refractivity contribution < 1.29 is 19.1 Å². The second-order valence-corrected chi connectivity index (χ2v) is 6.85. The summed E-state index contributed by atoms with van der Waals surface area (Å²) in [5.74, 6) is 2.42. The molecule has 0 bridgehead atoms. The van der Waals surface area contributed by atoms with E-state index in [1.54, 1.807) is 6.92 Å². The van der Waals surface area contributed by atoms with Crippen LogP contribution in [0.2, 0.25) is 0 Å². The molecule has 0 aromatic heterocycles. The van der Waals surface area contributed by atoms with Crippen LogP contribution in [-0.2, 0) is 16.1 Å². The number of hydrogen-bond donors (Lipinski definition) is 1. The highest BCUT2D eigenvalue weighted by atomic mass is 16.7. The van der Waals surface area contributed by atoms with Gasteiger partial charge in [0.2, 0.25) is 18.6 Å². The first-order valence-corrected chi connectivity index (χ1v) is 8.97. The van der Waals surface area contributed by atoms with E-state index in [1.807, 2.05) is 23.1 Å². The average molecular weight is 346 g/mol. The predicted octanol–water partition coefficient (Wildman–Crippen LogP) is 2.32. The fourth-order valence-corrected chi connectivity index (χ4v) is 3.66. The van der Waals surface area contributed by atoms with Crippen LogP contribution in [0.5, 0.6) is 11.5 Å². The van der Waals surface area contributed by atoms with E-state index in [9.17, 15) is 9.59 Å². The number of ether oxygens (including phenoxy) is 2. The first-order chi connectivity index (χ1) is 12.1. The number of fused-ring (bicyclic) bond motifs is 1. The van der Waals surface area contributed by atoms with E-state index in [-0.39, 0.29) is 18.6 Å². The molecular formula is C19H26N2O4. The summed E-state index contributed by atoms with van der Waals surface area (Å²) in [4.78, 5) is 25.8. The van der Waals surface area contributed by atoms with Crippen LogP contribution in [0, 0.1) is 11.8 Å². The zero-order valence-corrected chi connectivity index (χ0v) is 14.9. The highest BCUT2D eigenvalue weighted by Crippen LogP contribution is 2.32. The zero-order valence-electron chi connectivity index (χ0n) is 14.9. The van der Waals surface area contributed by atoms with E-state index in [4.69, 9.17) is 9.47 Å². The summed E-state index contributed by atoms with van der Waals surface area (Å²) in [6.45, 7) is 6.01. The number of hydrogen-bond acceptors (Lipinski definition) is 4. The molecule has 1 aromatic carbocycles. The van der Waals surface area contributed by atoms with Gasteiger partial charge in [-0.05, 0) is 36.0 Å². The number of rotatable bonds is 5. The molecule has 2 atom stereocenters. The Bertz CT molecular complexity index is 646. The van der Waals surface area contributed by atoms with E-state index in [0.29, 0.717) is 24.8 Å². The minimum absolute atomic E-state index is 0.0670. The molecule has 136 valence electrons. The molecule has 0 aliphatic carbocycles. The van der Waals surface area contributed by atoms with Gasteiger partial charge in [0.1, 0.15) is 0 Å². The lowest BCUT2D eigenvalue weighted by molar-refractivity contribution is -0.132. The van der Waals surface area contributed by atoms with Crippen molar-refractivity contribution in [2.24, 2.45) is 11.8 Å². The van der Waals surface area contributed by atoms with Gasteiger partial charge in [-0.1, -0.05) is 19.4 Å². The van der Waals surface area contributed by atoms with Crippen LogP contribution < -0.4 is 14.8 Å². The SMILES string of the molecule is CCC1CN(C(C)=O)CCC1CC(=O)NCc1ccc2c(c1)OCO2. The van der Waals surface area contributed by atoms with Gasteiger partial charge >= 0.3 is 0 Å². The Morgan fingerprint density at radius 3 is 2.80 bits per heavy atom. The summed E-state index contributed by atoms with van der Waals surface area (Å²) >= 11 is 0. The van der Waals surface area contributed by atoms with Gasteiger partial charge in [-0.3, -0.25) is 9.59 Å². The molecule has 0 saturated carbocycles. The molecule has 2 aliphatic heterocycles. The first-order valence-electron chi connectivity index (χ1n) is 8.97. The molecule has 2 aliphatic rings. The number of carbonyl (C=O) groups is 2. The van der Waals surface area contributed by atoms with E-state index in [2.05, 4.69) is 12.2 Å². The van der Waals surface area contributed by atoms with E-state index in [0.717, 1.165) is 43.0 Å². The van der Waals surface area contributed by atoms with Gasteiger partial charge < -0.3 is 19.7 Å². The monoisotopic (exact) mass is 346 g/mol. The Labute approximate surface area is 148 Å². The molecular weight excluding hydrogens is 320 g/mol. The van der Waals surface area contributed by atoms with Gasteiger partial charge in [-0.25, -0.2) is 0 Å². The number of amides is 2. The molecule has 1 fully saturated rings. The highest BCUT2D eigenvalue weighted by Gasteiger charge is 2.30. The Morgan fingerprint density at radius 1 is 1.24 bits per heavy atom. The third-order valence-electron chi connectivity index (χ3n) is 5.24. The van der Waals surface area contributed by atoms with Crippen molar-refractivity contribution in [1.29, 1.82) is 0 Å². The summed E-state index contributed by atoms with van der Waals surface area (Å²) in [6.07, 6.45) is 2.41. The predicted molar refractivity (Wildman–Crippen MR) is 93.2 cm³/mol. The second-order valence-electron chi connectivity index (χ2n) is 6.85. The first kappa shape index (κ1) is 17.6. The van der Waals surface area contributed by atoms with Crippen molar-refractivity contribution in [3.63, 3.8) is 0 Å². The number of piperidine rings is 1. The topological polar surface area (TPSA) is 67.9 Å². The van der Waals surface area contributed by atoms with Crippen LogP contribution in [0.1, 0.15) is 38.7 Å². The van der Waals surface area contributed by atoms with Gasteiger partial charge in [0, 0.05) is 33.0 Å². The number of nitrogens with zero attached hydrogens (tertiary/aromatic N) is 1. The van der Waals surface area contributed by atoms with Crippen LogP contribution in [-0.4, -0.2) is 36.6 Å². The van der Waals surface area contributed by atoms with Gasteiger partial charge in [-0.2, -0.15) is 0 Å². The second kappa shape index (κ2) is 7.76. The molecule has 1 saturated heterocycles. The Balaban J connectivity index is 1.49. The maximum absolute atomic E-state index is 12.3. The molecule has 6 heteroatoms. The van der Waals surface area contributed by atoms with Gasteiger partial charge in [0.05, 0.1) is 0 Å². The van der Waals surface area contributed by atoms with Crippen LogP contribution in [0.4, 0.5) is 0 Å². The summed E-state index contributed by atoms with van der Waals surface area (Å²) < 4.78 is 10.6. The van der Waals surface area contributed by atoms with Crippen LogP contribution in [0.25, 0.3) is 0 Å². The van der Waals surface area contributed by atoms with Gasteiger partial charge in [0.25, 0.3) is 0 Å². The van der Waals surface area contributed by atoms with Crippen molar-refractivity contribution >= 4 is 11.8 Å². The van der Waals surface area contributed by atoms with Crippen LogP contribution in [0.3, 0.4) is 0 Å². The quantitative estimate of drug-likeness (QED) is 0.888. The lowest BCUT2D eigenvalue weighted by atomic mass is 9.81. The minimum atomic E-state index is 0.0670. The summed E-state index contributed by atoms with van der Waals surface area (Å²) in [5.41, 5.74) is 0.996. The van der Waals surface area contributed by atoms with Crippen molar-refractivity contribution in [2.45, 2.75) is 39.7 Å². The molecule has 1 aromatic rings. The number of carbonyl (C=O) groups excluding carboxylic acids is 2. The average Bonchev–Trinajstić information content (AvgIpc) is 3.07. The van der Waals surface area contributed by atoms with Crippen molar-refractivity contribution in [1.82, 2.24) is 10.2 Å². The number of likely N-dealkylation sites (tertiary alicyclic amines) is 1. The highest BCUT2D eigenvalue weighted by molar-refractivity contribution is 5.76. The molecule has 2 heterocycles. The number of benzene rings is 1. The summed E-state index contributed by atoms with van der Waals surface area (Å²) in [5, 5.41) is 3.00. The third kappa shape index (κ3) is 4.24. The standard InChI is InChI=1S/C19H26N2O4/c1-3-15-11-21(13(2)22)7-6-16(15)9-19(23)20-10-14-4-5-17-18(8-14)25-12-24-17/h4-5,8,15-16H,3,6-7,9-12H2,1-2H3,(H,20,23). The van der Waals surface area contributed by atoms with E-state index in [1.165, 1.54) is 0 Å². The zero-order chi connectivity index (χ0) is 17.8. The van der Waals surface area contributed by atoms with Crippen LogP contribution in [0.15, 0.2) is 18.2 Å². The largest absolute Gasteiger partial charge is 0.454 e. The molecule has 0 spiro atoms. The van der Waals surface area contributed by atoms with Crippen LogP contribution >= 0.6 is 0 Å². The molecule has 1 N–H and O–H groups in total. The smallest absolute Gasteiger partial charge is 0.231 e. The van der Waals surface area contributed by atoms with Crippen molar-refractivity contribution in [3.05, 3.63) is 23.8 Å².